The molecule has 2 aromatic rings. The second-order valence-electron chi connectivity index (χ2n) is 4.25. The molecule has 0 unspecified atom stereocenters. The number of rotatable bonds is 3. The molecule has 1 aliphatic heterocycles. The van der Waals surface area contributed by atoms with Crippen molar-refractivity contribution in [3.8, 4) is 0 Å². The van der Waals surface area contributed by atoms with E-state index in [-0.39, 0.29) is 0 Å². The molecule has 3 rings (SSSR count). The molecule has 19 heavy (non-hydrogen) atoms. The lowest BCUT2D eigenvalue weighted by molar-refractivity contribution is -0.114. The smallest absolute Gasteiger partial charge is 0.299 e. The number of ketones is 1. The fraction of sp³-hybridized carbons (Fsp3) is 0.143. The summed E-state index contributed by atoms with van der Waals surface area (Å²) in [5.41, 5.74) is 1.19. The Hall–Kier alpha value is -1.46. The van der Waals surface area contributed by atoms with Crippen molar-refractivity contribution < 1.29 is 9.59 Å². The Morgan fingerprint density at radius 2 is 2.00 bits per heavy atom. The van der Waals surface area contributed by atoms with Crippen LogP contribution in [0.5, 0.6) is 0 Å². The van der Waals surface area contributed by atoms with Crippen LogP contribution in [0.15, 0.2) is 40.2 Å². The summed E-state index contributed by atoms with van der Waals surface area (Å²) in [5, 5.41) is 2.01. The van der Waals surface area contributed by atoms with Crippen LogP contribution < -0.4 is 4.90 Å². The fourth-order valence-corrected chi connectivity index (χ4v) is 3.48. The topological polar surface area (TPSA) is 37.4 Å². The minimum absolute atomic E-state index is 0.414. The molecule has 5 heteroatoms. The van der Waals surface area contributed by atoms with Gasteiger partial charge in [-0.1, -0.05) is 12.1 Å². The number of fused-ring (bicyclic) bond motifs is 1. The summed E-state index contributed by atoms with van der Waals surface area (Å²) in [4.78, 5) is 26.7. The van der Waals surface area contributed by atoms with Crippen molar-refractivity contribution in [1.29, 1.82) is 0 Å². The molecule has 0 N–H and O–H groups in total. The summed E-state index contributed by atoms with van der Waals surface area (Å²) >= 11 is 5.08. The quantitative estimate of drug-likeness (QED) is 0.807. The second kappa shape index (κ2) is 4.90. The zero-order chi connectivity index (χ0) is 13.4. The summed E-state index contributed by atoms with van der Waals surface area (Å²) < 4.78 is 0.787. The highest BCUT2D eigenvalue weighted by atomic mass is 79.9. The van der Waals surface area contributed by atoms with Gasteiger partial charge in [0, 0.05) is 15.9 Å². The Morgan fingerprint density at radius 3 is 2.74 bits per heavy atom. The van der Waals surface area contributed by atoms with Crippen LogP contribution in [-0.4, -0.2) is 18.2 Å². The largest absolute Gasteiger partial charge is 0.303 e. The molecule has 3 nitrogen and oxygen atoms in total. The average molecular weight is 336 g/mol. The first-order valence-corrected chi connectivity index (χ1v) is 7.53. The number of carbonyl (C=O) groups is 2. The van der Waals surface area contributed by atoms with Crippen molar-refractivity contribution in [3.05, 3.63) is 50.6 Å². The van der Waals surface area contributed by atoms with E-state index in [2.05, 4.69) is 15.9 Å². The number of amides is 1. The zero-order valence-electron chi connectivity index (χ0n) is 9.93. The normalized spacial score (nSPS) is 14.1. The van der Waals surface area contributed by atoms with Crippen molar-refractivity contribution >= 4 is 44.6 Å². The molecule has 1 aromatic carbocycles. The highest BCUT2D eigenvalue weighted by molar-refractivity contribution is 9.10. The number of hydrogen-bond acceptors (Lipinski definition) is 3. The minimum Gasteiger partial charge on any atom is -0.303 e. The monoisotopic (exact) mass is 335 g/mol. The van der Waals surface area contributed by atoms with Gasteiger partial charge < -0.3 is 4.90 Å². The molecular weight excluding hydrogens is 326 g/mol. The average Bonchev–Trinajstić information content (AvgIpc) is 2.99. The first-order valence-electron chi connectivity index (χ1n) is 5.85. The van der Waals surface area contributed by atoms with Gasteiger partial charge in [-0.15, -0.1) is 11.3 Å². The lowest BCUT2D eigenvalue weighted by atomic mass is 10.1. The third-order valence-corrected chi connectivity index (χ3v) is 4.68. The number of anilines is 1. The Labute approximate surface area is 123 Å². The van der Waals surface area contributed by atoms with Crippen molar-refractivity contribution in [1.82, 2.24) is 0 Å². The fourth-order valence-electron chi connectivity index (χ4n) is 2.20. The number of halogens is 1. The molecule has 1 amide bonds. The standard InChI is InChI=1S/C14H10BrNO2S/c15-11-5-1-4-10-12(11)16(14(18)13(10)17)7-6-9-3-2-8-19-9/h1-5,8H,6-7H2. The molecule has 0 atom stereocenters. The van der Waals surface area contributed by atoms with E-state index in [0.717, 1.165) is 10.9 Å². The van der Waals surface area contributed by atoms with Crippen LogP contribution >= 0.6 is 27.3 Å². The first kappa shape index (κ1) is 12.6. The summed E-state index contributed by atoms with van der Waals surface area (Å²) in [7, 11) is 0. The van der Waals surface area contributed by atoms with E-state index in [1.807, 2.05) is 23.6 Å². The van der Waals surface area contributed by atoms with Gasteiger partial charge in [-0.05, 0) is 45.9 Å². The lowest BCUT2D eigenvalue weighted by Crippen LogP contribution is -2.31. The van der Waals surface area contributed by atoms with E-state index in [0.29, 0.717) is 17.8 Å². The van der Waals surface area contributed by atoms with Gasteiger partial charge in [-0.2, -0.15) is 0 Å². The van der Waals surface area contributed by atoms with E-state index in [1.54, 1.807) is 28.4 Å². The van der Waals surface area contributed by atoms with Gasteiger partial charge in [-0.3, -0.25) is 9.59 Å². The maximum absolute atomic E-state index is 12.0. The molecular formula is C14H10BrNO2S. The Bertz CT molecular complexity index is 651. The SMILES string of the molecule is O=C1C(=O)N(CCc2cccs2)c2c(Br)cccc21. The van der Waals surface area contributed by atoms with E-state index in [1.165, 1.54) is 4.88 Å². The molecule has 2 heterocycles. The number of benzene rings is 1. The number of hydrogen-bond donors (Lipinski definition) is 0. The van der Waals surface area contributed by atoms with Gasteiger partial charge in [0.2, 0.25) is 0 Å². The number of carbonyl (C=O) groups excluding carboxylic acids is 2. The van der Waals surface area contributed by atoms with Crippen molar-refractivity contribution in [2.24, 2.45) is 0 Å². The van der Waals surface area contributed by atoms with Crippen LogP contribution in [0.1, 0.15) is 15.2 Å². The minimum atomic E-state index is -0.432. The summed E-state index contributed by atoms with van der Waals surface area (Å²) in [6.45, 7) is 0.528. The van der Waals surface area contributed by atoms with Crippen LogP contribution in [0.25, 0.3) is 0 Å². The van der Waals surface area contributed by atoms with Crippen molar-refractivity contribution in [2.75, 3.05) is 11.4 Å². The Kier molecular flexibility index (Phi) is 3.24. The molecule has 1 aliphatic rings. The second-order valence-corrected chi connectivity index (χ2v) is 6.14. The molecule has 0 saturated heterocycles. The molecule has 0 fully saturated rings. The zero-order valence-corrected chi connectivity index (χ0v) is 12.3. The van der Waals surface area contributed by atoms with Gasteiger partial charge in [0.25, 0.3) is 11.7 Å². The summed E-state index contributed by atoms with van der Waals surface area (Å²) in [6, 6.07) is 9.35. The molecule has 1 aromatic heterocycles. The molecule has 0 aliphatic carbocycles. The molecule has 0 saturated carbocycles. The first-order chi connectivity index (χ1) is 9.18. The van der Waals surface area contributed by atoms with Crippen LogP contribution in [0.2, 0.25) is 0 Å². The van der Waals surface area contributed by atoms with Crippen LogP contribution in [0.4, 0.5) is 5.69 Å². The molecule has 0 bridgehead atoms. The molecule has 0 spiro atoms. The van der Waals surface area contributed by atoms with Gasteiger partial charge in [0.1, 0.15) is 0 Å². The maximum atomic E-state index is 12.0. The predicted molar refractivity (Wildman–Crippen MR) is 78.8 cm³/mol. The number of thiophene rings is 1. The Morgan fingerprint density at radius 1 is 1.16 bits per heavy atom. The highest BCUT2D eigenvalue weighted by Gasteiger charge is 2.36. The number of para-hydroxylation sites is 1. The van der Waals surface area contributed by atoms with Gasteiger partial charge in [-0.25, -0.2) is 0 Å². The van der Waals surface area contributed by atoms with Gasteiger partial charge in [0.05, 0.1) is 11.3 Å². The highest BCUT2D eigenvalue weighted by Crippen LogP contribution is 2.36. The van der Waals surface area contributed by atoms with Crippen LogP contribution in [0.3, 0.4) is 0 Å². The van der Waals surface area contributed by atoms with Crippen molar-refractivity contribution in [3.63, 3.8) is 0 Å². The maximum Gasteiger partial charge on any atom is 0.299 e. The molecule has 0 radical (unpaired) electrons. The third kappa shape index (κ3) is 2.13. The molecule has 96 valence electrons. The number of nitrogens with zero attached hydrogens (tertiary/aromatic N) is 1. The summed E-state index contributed by atoms with van der Waals surface area (Å²) in [6.07, 6.45) is 0.761. The van der Waals surface area contributed by atoms with E-state index < -0.39 is 11.7 Å². The van der Waals surface area contributed by atoms with Crippen molar-refractivity contribution in [2.45, 2.75) is 6.42 Å². The van der Waals surface area contributed by atoms with E-state index in [4.69, 9.17) is 0 Å². The van der Waals surface area contributed by atoms with Gasteiger partial charge >= 0.3 is 0 Å². The predicted octanol–water partition coefficient (Wildman–Crippen LogP) is 3.28. The summed E-state index contributed by atoms with van der Waals surface area (Å²) in [5.74, 6) is -0.846. The van der Waals surface area contributed by atoms with E-state index >= 15 is 0 Å². The Balaban J connectivity index is 1.90. The lowest BCUT2D eigenvalue weighted by Gasteiger charge is -2.17. The van der Waals surface area contributed by atoms with Crippen LogP contribution in [-0.2, 0) is 11.2 Å². The van der Waals surface area contributed by atoms with E-state index in [9.17, 15) is 9.59 Å². The van der Waals surface area contributed by atoms with Crippen LogP contribution in [0, 0.1) is 0 Å². The number of Topliss-reactive ketones (excluding diaryl/α,β-unsaturated/α-hetero) is 1. The van der Waals surface area contributed by atoms with Gasteiger partial charge in [0.15, 0.2) is 0 Å². The third-order valence-electron chi connectivity index (χ3n) is 3.10.